The normalized spacial score (nSPS) is 10.8. The van der Waals surface area contributed by atoms with Crippen LogP contribution in [-0.4, -0.2) is 12.1 Å². The van der Waals surface area contributed by atoms with Crippen LogP contribution in [0.4, 0.5) is 0 Å². The maximum absolute atomic E-state index is 12.1. The standard InChI is InChI=1S/C21H15Cl3N2O2/c22-16-7-10-18(20(24)11-16)21(27)26-25-12-14-5-8-17(9-6-14)28-13-15-3-1-2-4-19(15)23/h1-12H,13H2,(H,26,27)/b25-12+. The van der Waals surface area contributed by atoms with Crippen LogP contribution in [-0.2, 0) is 6.61 Å². The number of rotatable bonds is 6. The summed E-state index contributed by atoms with van der Waals surface area (Å²) in [7, 11) is 0. The Morgan fingerprint density at radius 3 is 2.43 bits per heavy atom. The maximum atomic E-state index is 12.1. The number of carbonyl (C=O) groups excluding carboxylic acids is 1. The summed E-state index contributed by atoms with van der Waals surface area (Å²) in [6.07, 6.45) is 1.53. The molecular weight excluding hydrogens is 419 g/mol. The first-order chi connectivity index (χ1) is 13.5. The molecule has 0 aliphatic heterocycles. The average molecular weight is 434 g/mol. The van der Waals surface area contributed by atoms with Crippen molar-refractivity contribution in [2.45, 2.75) is 6.61 Å². The van der Waals surface area contributed by atoms with Crippen LogP contribution < -0.4 is 10.2 Å². The fourth-order valence-electron chi connectivity index (χ4n) is 2.33. The van der Waals surface area contributed by atoms with E-state index in [1.165, 1.54) is 12.3 Å². The van der Waals surface area contributed by atoms with Crippen molar-refractivity contribution in [2.75, 3.05) is 0 Å². The fraction of sp³-hybridized carbons (Fsp3) is 0.0476. The number of benzene rings is 3. The van der Waals surface area contributed by atoms with Gasteiger partial charge in [0, 0.05) is 15.6 Å². The largest absolute Gasteiger partial charge is 0.489 e. The Bertz CT molecular complexity index is 1000. The van der Waals surface area contributed by atoms with Gasteiger partial charge in [0.15, 0.2) is 0 Å². The second kappa shape index (κ2) is 9.60. The highest BCUT2D eigenvalue weighted by Crippen LogP contribution is 2.21. The Labute approximate surface area is 177 Å². The molecule has 0 aliphatic rings. The van der Waals surface area contributed by atoms with E-state index in [4.69, 9.17) is 39.5 Å². The van der Waals surface area contributed by atoms with Gasteiger partial charge in [-0.1, -0.05) is 53.0 Å². The summed E-state index contributed by atoms with van der Waals surface area (Å²) in [5.74, 6) is 0.284. The van der Waals surface area contributed by atoms with E-state index < -0.39 is 5.91 Å². The lowest BCUT2D eigenvalue weighted by atomic mass is 10.2. The van der Waals surface area contributed by atoms with Gasteiger partial charge < -0.3 is 4.74 Å². The van der Waals surface area contributed by atoms with Crippen LogP contribution in [0.2, 0.25) is 15.1 Å². The molecule has 3 aromatic carbocycles. The van der Waals surface area contributed by atoms with Crippen LogP contribution in [0, 0.1) is 0 Å². The lowest BCUT2D eigenvalue weighted by Gasteiger charge is -2.07. The first kappa shape index (κ1) is 20.2. The Morgan fingerprint density at radius 1 is 0.964 bits per heavy atom. The molecule has 1 N–H and O–H groups in total. The van der Waals surface area contributed by atoms with E-state index >= 15 is 0 Å². The first-order valence-electron chi connectivity index (χ1n) is 8.27. The molecule has 1 amide bonds. The molecule has 0 fully saturated rings. The van der Waals surface area contributed by atoms with Crippen LogP contribution in [0.25, 0.3) is 0 Å². The number of hydrogen-bond donors (Lipinski definition) is 1. The molecule has 3 rings (SSSR count). The highest BCUT2D eigenvalue weighted by molar-refractivity contribution is 6.36. The Hall–Kier alpha value is -2.53. The molecule has 142 valence electrons. The van der Waals surface area contributed by atoms with Gasteiger partial charge in [-0.15, -0.1) is 0 Å². The molecule has 0 saturated heterocycles. The van der Waals surface area contributed by atoms with Crippen molar-refractivity contribution in [1.82, 2.24) is 5.43 Å². The molecule has 0 aromatic heterocycles. The van der Waals surface area contributed by atoms with E-state index in [0.29, 0.717) is 28.0 Å². The molecule has 0 bridgehead atoms. The molecule has 0 radical (unpaired) electrons. The highest BCUT2D eigenvalue weighted by Gasteiger charge is 2.09. The summed E-state index contributed by atoms with van der Waals surface area (Å²) >= 11 is 17.9. The van der Waals surface area contributed by atoms with Crippen molar-refractivity contribution in [3.05, 3.63) is 98.5 Å². The Morgan fingerprint density at radius 2 is 1.71 bits per heavy atom. The zero-order chi connectivity index (χ0) is 19.9. The predicted molar refractivity (Wildman–Crippen MR) is 114 cm³/mol. The monoisotopic (exact) mass is 432 g/mol. The zero-order valence-corrected chi connectivity index (χ0v) is 16.8. The molecule has 0 saturated carbocycles. The number of hydrazone groups is 1. The average Bonchev–Trinajstić information content (AvgIpc) is 2.68. The van der Waals surface area contributed by atoms with Crippen molar-refractivity contribution in [3.63, 3.8) is 0 Å². The minimum Gasteiger partial charge on any atom is -0.489 e. The summed E-state index contributed by atoms with van der Waals surface area (Å²) in [6.45, 7) is 0.380. The van der Waals surface area contributed by atoms with E-state index in [2.05, 4.69) is 10.5 Å². The SMILES string of the molecule is O=C(N/N=C/c1ccc(OCc2ccccc2Cl)cc1)c1ccc(Cl)cc1Cl. The lowest BCUT2D eigenvalue weighted by Crippen LogP contribution is -2.18. The van der Waals surface area contributed by atoms with Gasteiger partial charge in [-0.25, -0.2) is 5.43 Å². The molecule has 0 atom stereocenters. The van der Waals surface area contributed by atoms with Gasteiger partial charge in [0.25, 0.3) is 5.91 Å². The van der Waals surface area contributed by atoms with Gasteiger partial charge in [-0.3, -0.25) is 4.79 Å². The number of carbonyl (C=O) groups is 1. The number of amides is 1. The van der Waals surface area contributed by atoms with Gasteiger partial charge in [-0.2, -0.15) is 5.10 Å². The smallest absolute Gasteiger partial charge is 0.272 e. The number of nitrogens with zero attached hydrogens (tertiary/aromatic N) is 1. The van der Waals surface area contributed by atoms with Crippen molar-refractivity contribution >= 4 is 46.9 Å². The van der Waals surface area contributed by atoms with Gasteiger partial charge >= 0.3 is 0 Å². The second-order valence-electron chi connectivity index (χ2n) is 5.77. The van der Waals surface area contributed by atoms with Gasteiger partial charge in [0.2, 0.25) is 0 Å². The van der Waals surface area contributed by atoms with Crippen molar-refractivity contribution in [3.8, 4) is 5.75 Å². The summed E-state index contributed by atoms with van der Waals surface area (Å²) in [4.78, 5) is 12.1. The minimum atomic E-state index is -0.419. The molecule has 28 heavy (non-hydrogen) atoms. The van der Waals surface area contributed by atoms with Gasteiger partial charge in [-0.05, 0) is 54.1 Å². The predicted octanol–water partition coefficient (Wildman–Crippen LogP) is 5.99. The van der Waals surface area contributed by atoms with Crippen LogP contribution >= 0.6 is 34.8 Å². The van der Waals surface area contributed by atoms with Crippen molar-refractivity contribution in [2.24, 2.45) is 5.10 Å². The van der Waals surface area contributed by atoms with Crippen molar-refractivity contribution in [1.29, 1.82) is 0 Å². The fourth-order valence-corrected chi connectivity index (χ4v) is 3.01. The summed E-state index contributed by atoms with van der Waals surface area (Å²) in [5, 5.41) is 5.34. The number of halogens is 3. The number of hydrogen-bond acceptors (Lipinski definition) is 3. The summed E-state index contributed by atoms with van der Waals surface area (Å²) < 4.78 is 5.73. The van der Waals surface area contributed by atoms with Crippen LogP contribution in [0.5, 0.6) is 5.75 Å². The van der Waals surface area contributed by atoms with E-state index in [1.54, 1.807) is 12.1 Å². The molecule has 7 heteroatoms. The molecule has 0 unspecified atom stereocenters. The summed E-state index contributed by atoms with van der Waals surface area (Å²) in [5.41, 5.74) is 4.44. The molecule has 0 aliphatic carbocycles. The summed E-state index contributed by atoms with van der Waals surface area (Å²) in [6, 6.07) is 19.4. The van der Waals surface area contributed by atoms with E-state index in [1.807, 2.05) is 48.5 Å². The van der Waals surface area contributed by atoms with Gasteiger partial charge in [0.1, 0.15) is 12.4 Å². The third kappa shape index (κ3) is 5.49. The molecular formula is C21H15Cl3N2O2. The van der Waals surface area contributed by atoms with Gasteiger partial charge in [0.05, 0.1) is 16.8 Å². The minimum absolute atomic E-state index is 0.264. The third-order valence-corrected chi connectivity index (χ3v) is 4.70. The number of nitrogens with one attached hydrogen (secondary N) is 1. The van der Waals surface area contributed by atoms with E-state index in [9.17, 15) is 4.79 Å². The molecule has 0 heterocycles. The van der Waals surface area contributed by atoms with Crippen LogP contribution in [0.1, 0.15) is 21.5 Å². The lowest BCUT2D eigenvalue weighted by molar-refractivity contribution is 0.0955. The maximum Gasteiger partial charge on any atom is 0.272 e. The Balaban J connectivity index is 1.55. The molecule has 4 nitrogen and oxygen atoms in total. The Kier molecular flexibility index (Phi) is 6.93. The van der Waals surface area contributed by atoms with Crippen LogP contribution in [0.3, 0.4) is 0 Å². The van der Waals surface area contributed by atoms with E-state index in [0.717, 1.165) is 11.1 Å². The van der Waals surface area contributed by atoms with Crippen molar-refractivity contribution < 1.29 is 9.53 Å². The molecule has 0 spiro atoms. The second-order valence-corrected chi connectivity index (χ2v) is 7.02. The molecule has 3 aromatic rings. The number of ether oxygens (including phenoxy) is 1. The third-order valence-electron chi connectivity index (χ3n) is 3.79. The highest BCUT2D eigenvalue weighted by atomic mass is 35.5. The quantitative estimate of drug-likeness (QED) is 0.383. The van der Waals surface area contributed by atoms with E-state index in [-0.39, 0.29) is 5.02 Å². The van der Waals surface area contributed by atoms with Crippen LogP contribution in [0.15, 0.2) is 71.8 Å². The zero-order valence-electron chi connectivity index (χ0n) is 14.5. The first-order valence-corrected chi connectivity index (χ1v) is 9.41. The topological polar surface area (TPSA) is 50.7 Å².